The second kappa shape index (κ2) is 8.62. The zero-order valence-electron chi connectivity index (χ0n) is 15.4. The molecule has 3 rings (SSSR count). The number of piperazine rings is 1. The van der Waals surface area contributed by atoms with Crippen LogP contribution in [0.25, 0.3) is 0 Å². The summed E-state index contributed by atoms with van der Waals surface area (Å²) in [4.78, 5) is 29.1. The minimum atomic E-state index is -0.480. The molecular formula is C20H28FN3O2. The molecule has 1 aliphatic heterocycles. The van der Waals surface area contributed by atoms with Crippen LogP contribution in [-0.4, -0.2) is 60.4 Å². The molecule has 0 spiro atoms. The van der Waals surface area contributed by atoms with Gasteiger partial charge in [0.2, 0.25) is 5.91 Å². The van der Waals surface area contributed by atoms with E-state index in [1.165, 1.54) is 25.0 Å². The lowest BCUT2D eigenvalue weighted by Crippen LogP contribution is -2.58. The molecule has 0 bridgehead atoms. The first-order valence-electron chi connectivity index (χ1n) is 9.67. The van der Waals surface area contributed by atoms with Gasteiger partial charge in [-0.15, -0.1) is 0 Å². The van der Waals surface area contributed by atoms with Gasteiger partial charge in [-0.05, 0) is 37.8 Å². The summed E-state index contributed by atoms with van der Waals surface area (Å²) in [6.45, 7) is 4.92. The lowest BCUT2D eigenvalue weighted by Gasteiger charge is -2.40. The topological polar surface area (TPSA) is 52.7 Å². The first-order valence-corrected chi connectivity index (χ1v) is 9.67. The minimum absolute atomic E-state index is 0.105. The van der Waals surface area contributed by atoms with Crippen LogP contribution >= 0.6 is 0 Å². The third-order valence-corrected chi connectivity index (χ3v) is 5.57. The van der Waals surface area contributed by atoms with Crippen LogP contribution in [0.2, 0.25) is 0 Å². The van der Waals surface area contributed by atoms with Crippen molar-refractivity contribution in [1.82, 2.24) is 15.1 Å². The molecule has 2 amide bonds. The van der Waals surface area contributed by atoms with Crippen LogP contribution in [0.5, 0.6) is 0 Å². The molecule has 1 heterocycles. The Kier molecular flexibility index (Phi) is 6.25. The van der Waals surface area contributed by atoms with E-state index in [-0.39, 0.29) is 23.4 Å². The maximum absolute atomic E-state index is 13.9. The van der Waals surface area contributed by atoms with Crippen LogP contribution in [-0.2, 0) is 4.79 Å². The lowest BCUT2D eigenvalue weighted by atomic mass is 9.95. The molecule has 1 atom stereocenters. The number of hydrogen-bond donors (Lipinski definition) is 1. The summed E-state index contributed by atoms with van der Waals surface area (Å²) >= 11 is 0. The summed E-state index contributed by atoms with van der Waals surface area (Å²) in [5, 5.41) is 2.98. The summed E-state index contributed by atoms with van der Waals surface area (Å²) in [5.74, 6) is -0.243. The fraction of sp³-hybridized carbons (Fsp3) is 0.600. The van der Waals surface area contributed by atoms with Crippen LogP contribution in [0.4, 0.5) is 4.39 Å². The summed E-state index contributed by atoms with van der Waals surface area (Å²) in [5.41, 5.74) is 0.122. The van der Waals surface area contributed by atoms with Crippen molar-refractivity contribution in [2.45, 2.75) is 38.6 Å². The van der Waals surface area contributed by atoms with Crippen molar-refractivity contribution in [2.75, 3.05) is 32.7 Å². The molecule has 1 N–H and O–H groups in total. The van der Waals surface area contributed by atoms with Crippen molar-refractivity contribution >= 4 is 11.8 Å². The predicted molar refractivity (Wildman–Crippen MR) is 98.3 cm³/mol. The van der Waals surface area contributed by atoms with Gasteiger partial charge in [0.1, 0.15) is 5.82 Å². The molecule has 1 aliphatic carbocycles. The lowest BCUT2D eigenvalue weighted by molar-refractivity contribution is -0.129. The monoisotopic (exact) mass is 361 g/mol. The van der Waals surface area contributed by atoms with E-state index in [0.717, 1.165) is 12.8 Å². The van der Waals surface area contributed by atoms with Gasteiger partial charge >= 0.3 is 0 Å². The molecule has 0 aromatic heterocycles. The van der Waals surface area contributed by atoms with E-state index in [0.29, 0.717) is 38.6 Å². The number of carbonyl (C=O) groups is 2. The first-order chi connectivity index (χ1) is 12.6. The standard InChI is InChI=1S/C20H28FN3O2/c1-2-22-19(25)18(15-7-3-4-8-15)23-11-13-24(14-12-23)20(26)16-9-5-6-10-17(16)21/h5-6,9-10,15,18H,2-4,7-8,11-14H2,1H3,(H,22,25)/t18-/m1/s1. The number of nitrogens with one attached hydrogen (secondary N) is 1. The van der Waals surface area contributed by atoms with Crippen molar-refractivity contribution < 1.29 is 14.0 Å². The zero-order valence-corrected chi connectivity index (χ0v) is 15.4. The smallest absolute Gasteiger partial charge is 0.256 e. The zero-order chi connectivity index (χ0) is 18.5. The van der Waals surface area contributed by atoms with Gasteiger partial charge in [-0.3, -0.25) is 14.5 Å². The fourth-order valence-corrected chi connectivity index (χ4v) is 4.24. The Morgan fingerprint density at radius 3 is 2.42 bits per heavy atom. The molecule has 1 saturated heterocycles. The Labute approximate surface area is 154 Å². The van der Waals surface area contributed by atoms with Crippen LogP contribution < -0.4 is 5.32 Å². The van der Waals surface area contributed by atoms with Gasteiger partial charge in [0.15, 0.2) is 0 Å². The second-order valence-electron chi connectivity index (χ2n) is 7.19. The van der Waals surface area contributed by atoms with Gasteiger partial charge in [-0.2, -0.15) is 0 Å². The summed E-state index contributed by atoms with van der Waals surface area (Å²) < 4.78 is 13.9. The van der Waals surface area contributed by atoms with E-state index in [9.17, 15) is 14.0 Å². The van der Waals surface area contributed by atoms with Crippen molar-refractivity contribution in [3.63, 3.8) is 0 Å². The highest BCUT2D eigenvalue weighted by atomic mass is 19.1. The van der Waals surface area contributed by atoms with E-state index < -0.39 is 5.82 Å². The third-order valence-electron chi connectivity index (χ3n) is 5.57. The summed E-state index contributed by atoms with van der Waals surface area (Å²) in [6, 6.07) is 6.00. The molecule has 26 heavy (non-hydrogen) atoms. The van der Waals surface area contributed by atoms with E-state index >= 15 is 0 Å². The van der Waals surface area contributed by atoms with Crippen molar-refractivity contribution in [1.29, 1.82) is 0 Å². The summed E-state index contributed by atoms with van der Waals surface area (Å²) in [7, 11) is 0. The molecule has 6 heteroatoms. The van der Waals surface area contributed by atoms with E-state index in [1.807, 2.05) is 6.92 Å². The average molecular weight is 361 g/mol. The number of rotatable bonds is 5. The van der Waals surface area contributed by atoms with Gasteiger partial charge in [0.05, 0.1) is 11.6 Å². The molecule has 1 aromatic carbocycles. The van der Waals surface area contributed by atoms with Crippen molar-refractivity contribution in [3.8, 4) is 0 Å². The number of likely N-dealkylation sites (N-methyl/N-ethyl adjacent to an activating group) is 1. The Morgan fingerprint density at radius 2 is 1.81 bits per heavy atom. The highest BCUT2D eigenvalue weighted by molar-refractivity contribution is 5.94. The van der Waals surface area contributed by atoms with Gasteiger partial charge < -0.3 is 10.2 Å². The van der Waals surface area contributed by atoms with Gasteiger partial charge in [-0.1, -0.05) is 25.0 Å². The molecular weight excluding hydrogens is 333 g/mol. The highest BCUT2D eigenvalue weighted by Crippen LogP contribution is 2.31. The first kappa shape index (κ1) is 18.8. The maximum Gasteiger partial charge on any atom is 0.256 e. The minimum Gasteiger partial charge on any atom is -0.355 e. The predicted octanol–water partition coefficient (Wildman–Crippen LogP) is 2.28. The van der Waals surface area contributed by atoms with Gasteiger partial charge in [0.25, 0.3) is 5.91 Å². The van der Waals surface area contributed by atoms with E-state index in [1.54, 1.807) is 17.0 Å². The number of halogens is 1. The normalized spacial score (nSPS) is 20.2. The Hall–Kier alpha value is -1.95. The third kappa shape index (κ3) is 4.06. The van der Waals surface area contributed by atoms with Crippen molar-refractivity contribution in [2.24, 2.45) is 5.92 Å². The van der Waals surface area contributed by atoms with Crippen molar-refractivity contribution in [3.05, 3.63) is 35.6 Å². The maximum atomic E-state index is 13.9. The Bertz CT molecular complexity index is 638. The van der Waals surface area contributed by atoms with Crippen LogP contribution in [0, 0.1) is 11.7 Å². The Morgan fingerprint density at radius 1 is 1.15 bits per heavy atom. The molecule has 0 radical (unpaired) electrons. The quantitative estimate of drug-likeness (QED) is 0.875. The molecule has 2 aliphatic rings. The highest BCUT2D eigenvalue weighted by Gasteiger charge is 2.37. The SMILES string of the molecule is CCNC(=O)[C@@H](C1CCCC1)N1CCN(C(=O)c2ccccc2F)CC1. The van der Waals surface area contributed by atoms with E-state index in [2.05, 4.69) is 10.2 Å². The molecule has 1 aromatic rings. The molecule has 2 fully saturated rings. The second-order valence-corrected chi connectivity index (χ2v) is 7.19. The molecule has 0 unspecified atom stereocenters. The number of amides is 2. The summed E-state index contributed by atoms with van der Waals surface area (Å²) in [6.07, 6.45) is 4.56. The molecule has 5 nitrogen and oxygen atoms in total. The van der Waals surface area contributed by atoms with Gasteiger partial charge in [0, 0.05) is 32.7 Å². The number of hydrogen-bond acceptors (Lipinski definition) is 3. The molecule has 142 valence electrons. The largest absolute Gasteiger partial charge is 0.355 e. The number of nitrogens with zero attached hydrogens (tertiary/aromatic N) is 2. The van der Waals surface area contributed by atoms with Gasteiger partial charge in [-0.25, -0.2) is 4.39 Å². The Balaban J connectivity index is 1.65. The average Bonchev–Trinajstić information content (AvgIpc) is 3.17. The number of carbonyl (C=O) groups excluding carboxylic acids is 2. The number of benzene rings is 1. The van der Waals surface area contributed by atoms with E-state index in [4.69, 9.17) is 0 Å². The fourth-order valence-electron chi connectivity index (χ4n) is 4.24. The van der Waals surface area contributed by atoms with Crippen LogP contribution in [0.15, 0.2) is 24.3 Å². The van der Waals surface area contributed by atoms with Crippen LogP contribution in [0.1, 0.15) is 43.0 Å². The van der Waals surface area contributed by atoms with Crippen LogP contribution in [0.3, 0.4) is 0 Å². The molecule has 1 saturated carbocycles.